The van der Waals surface area contributed by atoms with Gasteiger partial charge in [-0.05, 0) is 35.4 Å². The number of aromatic nitrogens is 2. The van der Waals surface area contributed by atoms with Crippen molar-refractivity contribution in [3.63, 3.8) is 0 Å². The highest BCUT2D eigenvalue weighted by atomic mass is 127. The Hall–Kier alpha value is -0.390. The molecule has 1 aromatic rings. The largest absolute Gasteiger partial charge is 0.310 e. The third kappa shape index (κ3) is 2.80. The minimum atomic E-state index is 0.00329. The number of rotatable bonds is 4. The third-order valence-corrected chi connectivity index (χ3v) is 3.19. The summed E-state index contributed by atoms with van der Waals surface area (Å²) in [7, 11) is 0. The predicted octanol–water partition coefficient (Wildman–Crippen LogP) is 2.28. The molecule has 1 aromatic heterocycles. The van der Waals surface area contributed by atoms with Crippen molar-refractivity contribution in [1.29, 1.82) is 0 Å². The van der Waals surface area contributed by atoms with Gasteiger partial charge in [0.15, 0.2) is 0 Å². The highest BCUT2D eigenvalue weighted by Crippen LogP contribution is 2.06. The Balaban J connectivity index is 2.98. The number of aryl methyl sites for hydroxylation is 2. The summed E-state index contributed by atoms with van der Waals surface area (Å²) < 4.78 is 0.727. The fraction of sp³-hybridized carbons (Fsp3) is 0.600. The summed E-state index contributed by atoms with van der Waals surface area (Å²) >= 11 is 2.05. The van der Waals surface area contributed by atoms with Gasteiger partial charge in [0.05, 0.1) is 9.26 Å². The van der Waals surface area contributed by atoms with Crippen LogP contribution >= 0.6 is 22.6 Å². The number of hydrogen-bond acceptors (Lipinski definition) is 2. The molecule has 1 rings (SSSR count). The van der Waals surface area contributed by atoms with Gasteiger partial charge in [0.2, 0.25) is 0 Å². The molecule has 0 unspecified atom stereocenters. The highest BCUT2D eigenvalue weighted by molar-refractivity contribution is 14.1. The van der Waals surface area contributed by atoms with Gasteiger partial charge in [-0.2, -0.15) is 0 Å². The molecule has 4 heteroatoms. The number of aromatic amines is 1. The molecule has 0 fully saturated rings. The Labute approximate surface area is 97.5 Å². The van der Waals surface area contributed by atoms with Gasteiger partial charge in [-0.3, -0.25) is 4.79 Å². The van der Waals surface area contributed by atoms with Crippen molar-refractivity contribution in [2.45, 2.75) is 39.5 Å². The molecule has 3 nitrogen and oxygen atoms in total. The lowest BCUT2D eigenvalue weighted by Crippen LogP contribution is -2.17. The molecule has 0 atom stereocenters. The molecule has 0 spiro atoms. The number of halogens is 1. The van der Waals surface area contributed by atoms with Crippen LogP contribution in [-0.2, 0) is 12.8 Å². The van der Waals surface area contributed by atoms with E-state index in [2.05, 4.69) is 39.5 Å². The first-order valence-electron chi connectivity index (χ1n) is 4.96. The molecule has 78 valence electrons. The van der Waals surface area contributed by atoms with Gasteiger partial charge in [0.25, 0.3) is 5.56 Å². The SMILES string of the molecule is CCCCc1nc(CC)c(I)c(=O)[nH]1. The van der Waals surface area contributed by atoms with Crippen LogP contribution in [0.4, 0.5) is 0 Å². The Kier molecular flexibility index (Phi) is 4.57. The Morgan fingerprint density at radius 3 is 2.71 bits per heavy atom. The van der Waals surface area contributed by atoms with Crippen LogP contribution in [0.3, 0.4) is 0 Å². The normalized spacial score (nSPS) is 10.5. The molecule has 0 saturated heterocycles. The van der Waals surface area contributed by atoms with Crippen LogP contribution < -0.4 is 5.56 Å². The van der Waals surface area contributed by atoms with E-state index in [1.54, 1.807) is 0 Å². The summed E-state index contributed by atoms with van der Waals surface area (Å²) in [6, 6.07) is 0. The first-order chi connectivity index (χ1) is 6.69. The van der Waals surface area contributed by atoms with E-state index in [0.717, 1.165) is 40.8 Å². The quantitative estimate of drug-likeness (QED) is 0.868. The molecular weight excluding hydrogens is 291 g/mol. The summed E-state index contributed by atoms with van der Waals surface area (Å²) in [6.45, 7) is 4.15. The molecule has 1 heterocycles. The fourth-order valence-electron chi connectivity index (χ4n) is 1.25. The molecule has 0 aliphatic heterocycles. The molecule has 0 amide bonds. The van der Waals surface area contributed by atoms with Crippen molar-refractivity contribution >= 4 is 22.6 Å². The third-order valence-electron chi connectivity index (χ3n) is 2.08. The highest BCUT2D eigenvalue weighted by Gasteiger charge is 2.06. The Morgan fingerprint density at radius 2 is 2.14 bits per heavy atom. The van der Waals surface area contributed by atoms with Crippen LogP contribution in [0.2, 0.25) is 0 Å². The van der Waals surface area contributed by atoms with Gasteiger partial charge in [-0.15, -0.1) is 0 Å². The monoisotopic (exact) mass is 306 g/mol. The number of unbranched alkanes of at least 4 members (excludes halogenated alkanes) is 1. The van der Waals surface area contributed by atoms with Gasteiger partial charge in [0, 0.05) is 6.42 Å². The topological polar surface area (TPSA) is 45.8 Å². The molecule has 1 N–H and O–H groups in total. The maximum absolute atomic E-state index is 11.5. The lowest BCUT2D eigenvalue weighted by atomic mass is 10.2. The molecular formula is C10H15IN2O. The zero-order valence-corrected chi connectivity index (χ0v) is 10.7. The number of nitrogens with one attached hydrogen (secondary N) is 1. The molecule has 0 saturated carbocycles. The van der Waals surface area contributed by atoms with Gasteiger partial charge in [0.1, 0.15) is 5.82 Å². The van der Waals surface area contributed by atoms with Crippen molar-refractivity contribution in [1.82, 2.24) is 9.97 Å². The minimum Gasteiger partial charge on any atom is -0.310 e. The molecule has 0 aliphatic rings. The standard InChI is InChI=1S/C10H15IN2O/c1-3-5-6-8-12-7(4-2)9(11)10(14)13-8/h3-6H2,1-2H3,(H,12,13,14). The zero-order chi connectivity index (χ0) is 10.6. The second-order valence-electron chi connectivity index (χ2n) is 3.23. The molecule has 0 aromatic carbocycles. The van der Waals surface area contributed by atoms with Gasteiger partial charge < -0.3 is 4.98 Å². The zero-order valence-electron chi connectivity index (χ0n) is 8.56. The van der Waals surface area contributed by atoms with Gasteiger partial charge >= 0.3 is 0 Å². The van der Waals surface area contributed by atoms with E-state index in [1.807, 2.05) is 6.92 Å². The second-order valence-corrected chi connectivity index (χ2v) is 4.31. The Bertz CT molecular complexity index is 360. The summed E-state index contributed by atoms with van der Waals surface area (Å²) in [6.07, 6.45) is 3.89. The average Bonchev–Trinajstić information content (AvgIpc) is 2.19. The van der Waals surface area contributed by atoms with E-state index >= 15 is 0 Å². The van der Waals surface area contributed by atoms with E-state index in [9.17, 15) is 4.79 Å². The molecule has 0 radical (unpaired) electrons. The average molecular weight is 306 g/mol. The summed E-state index contributed by atoms with van der Waals surface area (Å²) in [4.78, 5) is 18.7. The van der Waals surface area contributed by atoms with E-state index in [4.69, 9.17) is 0 Å². The van der Waals surface area contributed by atoms with Crippen LogP contribution in [0.15, 0.2) is 4.79 Å². The van der Waals surface area contributed by atoms with Gasteiger partial charge in [-0.25, -0.2) is 4.98 Å². The maximum Gasteiger partial charge on any atom is 0.264 e. The lowest BCUT2D eigenvalue weighted by molar-refractivity contribution is 0.736. The van der Waals surface area contributed by atoms with Crippen molar-refractivity contribution in [3.05, 3.63) is 25.4 Å². The summed E-state index contributed by atoms with van der Waals surface area (Å²) in [5.41, 5.74) is 0.920. The van der Waals surface area contributed by atoms with Gasteiger partial charge in [-0.1, -0.05) is 20.3 Å². The van der Waals surface area contributed by atoms with E-state index < -0.39 is 0 Å². The van der Waals surface area contributed by atoms with E-state index in [-0.39, 0.29) is 5.56 Å². The van der Waals surface area contributed by atoms with Crippen molar-refractivity contribution in [2.24, 2.45) is 0 Å². The predicted molar refractivity (Wildman–Crippen MR) is 65.6 cm³/mol. The van der Waals surface area contributed by atoms with Crippen LogP contribution in [0.25, 0.3) is 0 Å². The van der Waals surface area contributed by atoms with Crippen molar-refractivity contribution in [3.8, 4) is 0 Å². The Morgan fingerprint density at radius 1 is 1.43 bits per heavy atom. The first kappa shape index (κ1) is 11.7. The lowest BCUT2D eigenvalue weighted by Gasteiger charge is -2.03. The fourth-order valence-corrected chi connectivity index (χ4v) is 1.89. The molecule has 0 aliphatic carbocycles. The number of hydrogen-bond donors (Lipinski definition) is 1. The van der Waals surface area contributed by atoms with E-state index in [1.165, 1.54) is 0 Å². The molecule has 14 heavy (non-hydrogen) atoms. The number of H-pyrrole nitrogens is 1. The van der Waals surface area contributed by atoms with Crippen LogP contribution in [0, 0.1) is 3.57 Å². The van der Waals surface area contributed by atoms with Crippen LogP contribution in [-0.4, -0.2) is 9.97 Å². The second kappa shape index (κ2) is 5.48. The maximum atomic E-state index is 11.5. The first-order valence-corrected chi connectivity index (χ1v) is 6.04. The van der Waals surface area contributed by atoms with Crippen molar-refractivity contribution < 1.29 is 0 Å². The van der Waals surface area contributed by atoms with Crippen LogP contribution in [0.5, 0.6) is 0 Å². The summed E-state index contributed by atoms with van der Waals surface area (Å²) in [5.74, 6) is 0.828. The molecule has 0 bridgehead atoms. The number of nitrogens with zero attached hydrogens (tertiary/aromatic N) is 1. The minimum absolute atomic E-state index is 0.00329. The smallest absolute Gasteiger partial charge is 0.264 e. The van der Waals surface area contributed by atoms with Crippen molar-refractivity contribution in [2.75, 3.05) is 0 Å². The van der Waals surface area contributed by atoms with Crippen LogP contribution in [0.1, 0.15) is 38.2 Å². The summed E-state index contributed by atoms with van der Waals surface area (Å²) in [5, 5.41) is 0. The van der Waals surface area contributed by atoms with E-state index in [0.29, 0.717) is 0 Å².